The molecule has 0 aromatic carbocycles. The van der Waals surface area contributed by atoms with E-state index in [0.29, 0.717) is 5.41 Å². The number of aliphatic imine (C=N–C) groups is 1. The average molecular weight is 408 g/mol. The van der Waals surface area contributed by atoms with E-state index in [-0.39, 0.29) is 24.0 Å². The van der Waals surface area contributed by atoms with Gasteiger partial charge in [-0.2, -0.15) is 0 Å². The molecule has 2 aliphatic rings. The quantitative estimate of drug-likeness (QED) is 0.442. The number of nitrogens with zero attached hydrogens (tertiary/aromatic N) is 3. The number of likely N-dealkylation sites (tertiary alicyclic amines) is 1. The Bertz CT molecular complexity index is 337. The molecule has 1 heterocycles. The fourth-order valence-electron chi connectivity index (χ4n) is 3.91. The summed E-state index contributed by atoms with van der Waals surface area (Å²) in [5.41, 5.74) is 6.61. The lowest BCUT2D eigenvalue weighted by Crippen LogP contribution is -2.44. The third-order valence-electron chi connectivity index (χ3n) is 4.87. The fourth-order valence-corrected chi connectivity index (χ4v) is 3.91. The highest BCUT2D eigenvalue weighted by Gasteiger charge is 2.34. The Kier molecular flexibility index (Phi) is 7.74. The number of guanidine groups is 1. The number of nitrogens with two attached hydrogens (primary N) is 1. The van der Waals surface area contributed by atoms with Crippen LogP contribution in [-0.4, -0.2) is 56.0 Å². The number of hydrogen-bond acceptors (Lipinski definition) is 2. The molecule has 2 N–H and O–H groups in total. The van der Waals surface area contributed by atoms with E-state index in [9.17, 15) is 0 Å². The second-order valence-corrected chi connectivity index (χ2v) is 7.31. The van der Waals surface area contributed by atoms with Crippen LogP contribution in [0.15, 0.2) is 4.99 Å². The molecule has 1 saturated heterocycles. The lowest BCUT2D eigenvalue weighted by atomic mass is 9.86. The maximum Gasteiger partial charge on any atom is 0.191 e. The van der Waals surface area contributed by atoms with E-state index in [2.05, 4.69) is 30.8 Å². The third-order valence-corrected chi connectivity index (χ3v) is 4.87. The van der Waals surface area contributed by atoms with Crippen LogP contribution in [0.1, 0.15) is 45.4 Å². The molecule has 0 aromatic heterocycles. The summed E-state index contributed by atoms with van der Waals surface area (Å²) in [5, 5.41) is 0. The molecule has 0 aromatic rings. The van der Waals surface area contributed by atoms with Crippen LogP contribution in [0.2, 0.25) is 0 Å². The van der Waals surface area contributed by atoms with Crippen LogP contribution in [0.5, 0.6) is 0 Å². The molecule has 4 nitrogen and oxygen atoms in total. The van der Waals surface area contributed by atoms with E-state index in [1.165, 1.54) is 38.5 Å². The topological polar surface area (TPSA) is 44.9 Å². The highest BCUT2D eigenvalue weighted by atomic mass is 127. The van der Waals surface area contributed by atoms with E-state index < -0.39 is 0 Å². The maximum absolute atomic E-state index is 6.24. The molecule has 5 heteroatoms. The Hall–Kier alpha value is -0.0400. The first-order chi connectivity index (χ1) is 9.51. The normalized spacial score (nSPS) is 26.0. The monoisotopic (exact) mass is 408 g/mol. The Balaban J connectivity index is 0.00000220. The second kappa shape index (κ2) is 8.56. The van der Waals surface area contributed by atoms with E-state index in [1.807, 2.05) is 0 Å². The number of halogens is 1. The lowest BCUT2D eigenvalue weighted by Gasteiger charge is -2.34. The first-order valence-corrected chi connectivity index (χ1v) is 8.20. The van der Waals surface area contributed by atoms with Gasteiger partial charge in [-0.1, -0.05) is 19.8 Å². The van der Waals surface area contributed by atoms with E-state index in [0.717, 1.165) is 38.1 Å². The molecule has 0 spiro atoms. The summed E-state index contributed by atoms with van der Waals surface area (Å²) in [7, 11) is 4.33. The first-order valence-electron chi connectivity index (χ1n) is 8.20. The van der Waals surface area contributed by atoms with Crippen molar-refractivity contribution in [2.75, 3.05) is 40.3 Å². The van der Waals surface area contributed by atoms with Gasteiger partial charge in [0.1, 0.15) is 0 Å². The largest absolute Gasteiger partial charge is 0.370 e. The fraction of sp³-hybridized carbons (Fsp3) is 0.938. The van der Waals surface area contributed by atoms with Crippen LogP contribution < -0.4 is 5.73 Å². The van der Waals surface area contributed by atoms with Crippen molar-refractivity contribution in [3.8, 4) is 0 Å². The Morgan fingerprint density at radius 2 is 1.95 bits per heavy atom. The summed E-state index contributed by atoms with van der Waals surface area (Å²) in [6.45, 7) is 6.52. The summed E-state index contributed by atoms with van der Waals surface area (Å²) in [6.07, 6.45) is 7.89. The van der Waals surface area contributed by atoms with Gasteiger partial charge < -0.3 is 15.5 Å². The smallest absolute Gasteiger partial charge is 0.191 e. The van der Waals surface area contributed by atoms with Crippen LogP contribution in [0, 0.1) is 11.3 Å². The number of hydrogen-bond donors (Lipinski definition) is 1. The molecule has 2 rings (SSSR count). The van der Waals surface area contributed by atoms with Crippen LogP contribution in [0.4, 0.5) is 0 Å². The third kappa shape index (κ3) is 5.58. The predicted molar refractivity (Wildman–Crippen MR) is 101 cm³/mol. The molecular weight excluding hydrogens is 375 g/mol. The van der Waals surface area contributed by atoms with Gasteiger partial charge in [-0.3, -0.25) is 4.99 Å². The highest BCUT2D eigenvalue weighted by molar-refractivity contribution is 14.0. The minimum absolute atomic E-state index is 0. The van der Waals surface area contributed by atoms with Crippen molar-refractivity contribution in [2.45, 2.75) is 45.4 Å². The molecule has 124 valence electrons. The van der Waals surface area contributed by atoms with Gasteiger partial charge in [0.15, 0.2) is 5.96 Å². The molecule has 0 radical (unpaired) electrons. The van der Waals surface area contributed by atoms with E-state index in [1.54, 1.807) is 0 Å². The zero-order chi connectivity index (χ0) is 14.6. The Labute approximate surface area is 147 Å². The van der Waals surface area contributed by atoms with Gasteiger partial charge in [0.25, 0.3) is 0 Å². The van der Waals surface area contributed by atoms with E-state index in [4.69, 9.17) is 10.7 Å². The summed E-state index contributed by atoms with van der Waals surface area (Å²) in [5.74, 6) is 1.53. The molecule has 0 bridgehead atoms. The standard InChI is InChI=1S/C16H32N4.HI/c1-14-7-6-10-20(11-14)15(17)18-12-16(13-19(2)3)8-4-5-9-16;/h14H,4-13H2,1-3H3,(H2,17,18);1H. The molecule has 1 atom stereocenters. The first kappa shape index (κ1) is 19.0. The van der Waals surface area contributed by atoms with Gasteiger partial charge in [0.05, 0.1) is 0 Å². The Morgan fingerprint density at radius 1 is 1.29 bits per heavy atom. The van der Waals surface area contributed by atoms with Crippen molar-refractivity contribution in [1.29, 1.82) is 0 Å². The van der Waals surface area contributed by atoms with Crippen LogP contribution in [0.25, 0.3) is 0 Å². The molecule has 1 aliphatic heterocycles. The van der Waals surface area contributed by atoms with Gasteiger partial charge in [0.2, 0.25) is 0 Å². The average Bonchev–Trinajstić information content (AvgIpc) is 2.84. The predicted octanol–water partition coefficient (Wildman–Crippen LogP) is 2.77. The zero-order valence-corrected chi connectivity index (χ0v) is 16.3. The summed E-state index contributed by atoms with van der Waals surface area (Å²) < 4.78 is 0. The summed E-state index contributed by atoms with van der Waals surface area (Å²) >= 11 is 0. The van der Waals surface area contributed by atoms with Crippen LogP contribution in [-0.2, 0) is 0 Å². The van der Waals surface area contributed by atoms with Gasteiger partial charge in [0, 0.05) is 31.6 Å². The molecular formula is C16H33IN4. The van der Waals surface area contributed by atoms with Gasteiger partial charge in [-0.15, -0.1) is 24.0 Å². The minimum atomic E-state index is 0. The second-order valence-electron chi connectivity index (χ2n) is 7.31. The number of piperidine rings is 1. The van der Waals surface area contributed by atoms with Gasteiger partial charge in [-0.25, -0.2) is 0 Å². The van der Waals surface area contributed by atoms with Crippen LogP contribution in [0.3, 0.4) is 0 Å². The van der Waals surface area contributed by atoms with E-state index >= 15 is 0 Å². The van der Waals surface area contributed by atoms with Gasteiger partial charge >= 0.3 is 0 Å². The van der Waals surface area contributed by atoms with Crippen molar-refractivity contribution in [3.05, 3.63) is 0 Å². The highest BCUT2D eigenvalue weighted by Crippen LogP contribution is 2.38. The molecule has 1 aliphatic carbocycles. The Morgan fingerprint density at radius 3 is 2.52 bits per heavy atom. The SMILES string of the molecule is CC1CCCN(C(N)=NCC2(CN(C)C)CCCC2)C1.I. The molecule has 1 unspecified atom stereocenters. The summed E-state index contributed by atoms with van der Waals surface area (Å²) in [4.78, 5) is 9.37. The van der Waals surface area contributed by atoms with Crippen molar-refractivity contribution in [2.24, 2.45) is 22.1 Å². The maximum atomic E-state index is 6.24. The number of rotatable bonds is 4. The van der Waals surface area contributed by atoms with Crippen molar-refractivity contribution in [1.82, 2.24) is 9.80 Å². The van der Waals surface area contributed by atoms with Crippen molar-refractivity contribution < 1.29 is 0 Å². The van der Waals surface area contributed by atoms with Crippen molar-refractivity contribution >= 4 is 29.9 Å². The summed E-state index contributed by atoms with van der Waals surface area (Å²) in [6, 6.07) is 0. The molecule has 21 heavy (non-hydrogen) atoms. The minimum Gasteiger partial charge on any atom is -0.370 e. The van der Waals surface area contributed by atoms with Gasteiger partial charge in [-0.05, 0) is 45.7 Å². The molecule has 1 saturated carbocycles. The lowest BCUT2D eigenvalue weighted by molar-refractivity contribution is 0.208. The van der Waals surface area contributed by atoms with Crippen LogP contribution >= 0.6 is 24.0 Å². The molecule has 2 fully saturated rings. The van der Waals surface area contributed by atoms with Crippen molar-refractivity contribution in [3.63, 3.8) is 0 Å². The zero-order valence-electron chi connectivity index (χ0n) is 14.0. The molecule has 0 amide bonds.